The lowest BCUT2D eigenvalue weighted by atomic mass is 10.2. The van der Waals surface area contributed by atoms with Gasteiger partial charge in [0.1, 0.15) is 5.75 Å². The largest absolute Gasteiger partial charge is 0.494 e. The fourth-order valence-corrected chi connectivity index (χ4v) is 3.47. The van der Waals surface area contributed by atoms with Crippen LogP contribution in [0.1, 0.15) is 13.8 Å². The van der Waals surface area contributed by atoms with Crippen molar-refractivity contribution in [1.29, 1.82) is 0 Å². The molecule has 146 valence electrons. The summed E-state index contributed by atoms with van der Waals surface area (Å²) in [6.45, 7) is 4.37. The Morgan fingerprint density at radius 2 is 1.86 bits per heavy atom. The molecule has 6 nitrogen and oxygen atoms in total. The Kier molecular flexibility index (Phi) is 6.59. The Balaban J connectivity index is 1.64. The van der Waals surface area contributed by atoms with Crippen molar-refractivity contribution in [3.8, 4) is 17.1 Å². The average Bonchev–Trinajstić information content (AvgIpc) is 3.04. The Morgan fingerprint density at radius 3 is 2.50 bits per heavy atom. The Hall–Kier alpha value is -2.51. The molecule has 0 radical (unpaired) electrons. The number of rotatable bonds is 7. The molecular weight excluding hydrogens is 396 g/mol. The lowest BCUT2D eigenvalue weighted by molar-refractivity contribution is -0.115. The third-order valence-corrected chi connectivity index (χ3v) is 5.41. The number of carbonyl (C=O) groups is 1. The maximum atomic E-state index is 12.5. The fourth-order valence-electron chi connectivity index (χ4n) is 2.52. The number of aromatic nitrogens is 3. The van der Waals surface area contributed by atoms with Gasteiger partial charge in [-0.25, -0.2) is 0 Å². The van der Waals surface area contributed by atoms with E-state index in [0.29, 0.717) is 16.8 Å². The second kappa shape index (κ2) is 9.12. The van der Waals surface area contributed by atoms with Gasteiger partial charge in [0, 0.05) is 23.3 Å². The standard InChI is InChI=1S/C20H21ClN4O2S/c1-4-27-17-11-9-16(10-12-17)22-19(26)13(2)28-20-24-23-18(25(20)3)14-5-7-15(21)8-6-14/h5-13H,4H2,1-3H3,(H,22,26). The van der Waals surface area contributed by atoms with Crippen molar-refractivity contribution in [1.82, 2.24) is 14.8 Å². The molecule has 0 bridgehead atoms. The zero-order chi connectivity index (χ0) is 20.1. The highest BCUT2D eigenvalue weighted by molar-refractivity contribution is 8.00. The lowest BCUT2D eigenvalue weighted by Crippen LogP contribution is -2.22. The predicted molar refractivity (Wildman–Crippen MR) is 113 cm³/mol. The van der Waals surface area contributed by atoms with Gasteiger partial charge in [-0.1, -0.05) is 23.4 Å². The smallest absolute Gasteiger partial charge is 0.237 e. The fraction of sp³-hybridized carbons (Fsp3) is 0.250. The monoisotopic (exact) mass is 416 g/mol. The van der Waals surface area contributed by atoms with Crippen molar-refractivity contribution in [3.63, 3.8) is 0 Å². The number of nitrogens with one attached hydrogen (secondary N) is 1. The zero-order valence-corrected chi connectivity index (χ0v) is 17.4. The molecule has 1 amide bonds. The molecule has 0 saturated carbocycles. The maximum Gasteiger partial charge on any atom is 0.237 e. The average molecular weight is 417 g/mol. The van der Waals surface area contributed by atoms with Crippen LogP contribution < -0.4 is 10.1 Å². The van der Waals surface area contributed by atoms with E-state index in [4.69, 9.17) is 16.3 Å². The Bertz CT molecular complexity index is 942. The summed E-state index contributed by atoms with van der Waals surface area (Å²) < 4.78 is 7.28. The molecule has 0 saturated heterocycles. The molecule has 3 rings (SSSR count). The van der Waals surface area contributed by atoms with Gasteiger partial charge in [-0.3, -0.25) is 4.79 Å². The first-order valence-corrected chi connectivity index (χ1v) is 10.1. The van der Waals surface area contributed by atoms with Gasteiger partial charge in [0.2, 0.25) is 5.91 Å². The van der Waals surface area contributed by atoms with Gasteiger partial charge in [-0.05, 0) is 62.4 Å². The molecule has 1 unspecified atom stereocenters. The van der Waals surface area contributed by atoms with Crippen LogP contribution in [-0.2, 0) is 11.8 Å². The molecule has 28 heavy (non-hydrogen) atoms. The van der Waals surface area contributed by atoms with E-state index in [2.05, 4.69) is 15.5 Å². The SMILES string of the molecule is CCOc1ccc(NC(=O)C(C)Sc2nnc(-c3ccc(Cl)cc3)n2C)cc1. The minimum absolute atomic E-state index is 0.106. The molecule has 2 aromatic carbocycles. The van der Waals surface area contributed by atoms with E-state index in [1.165, 1.54) is 11.8 Å². The Morgan fingerprint density at radius 1 is 1.18 bits per heavy atom. The number of hydrogen-bond acceptors (Lipinski definition) is 5. The Labute approximate surface area is 173 Å². The minimum atomic E-state index is -0.340. The van der Waals surface area contributed by atoms with Crippen LogP contribution >= 0.6 is 23.4 Å². The molecule has 0 fully saturated rings. The van der Waals surface area contributed by atoms with Crippen LogP contribution in [0.25, 0.3) is 11.4 Å². The summed E-state index contributed by atoms with van der Waals surface area (Å²) in [5.74, 6) is 1.39. The highest BCUT2D eigenvalue weighted by Gasteiger charge is 2.19. The van der Waals surface area contributed by atoms with Gasteiger partial charge in [0.15, 0.2) is 11.0 Å². The molecule has 0 aliphatic rings. The first-order valence-electron chi connectivity index (χ1n) is 8.83. The van der Waals surface area contributed by atoms with Crippen LogP contribution in [0.4, 0.5) is 5.69 Å². The van der Waals surface area contributed by atoms with Gasteiger partial charge in [-0.2, -0.15) is 0 Å². The summed E-state index contributed by atoms with van der Waals surface area (Å²) in [5.41, 5.74) is 1.64. The molecule has 1 atom stereocenters. The van der Waals surface area contributed by atoms with Crippen LogP contribution in [0, 0.1) is 0 Å². The van der Waals surface area contributed by atoms with Gasteiger partial charge in [0.25, 0.3) is 0 Å². The quantitative estimate of drug-likeness (QED) is 0.567. The third-order valence-electron chi connectivity index (χ3n) is 4.02. The summed E-state index contributed by atoms with van der Waals surface area (Å²) in [6.07, 6.45) is 0. The zero-order valence-electron chi connectivity index (χ0n) is 15.8. The van der Waals surface area contributed by atoms with Gasteiger partial charge < -0.3 is 14.6 Å². The van der Waals surface area contributed by atoms with Crippen molar-refractivity contribution in [2.24, 2.45) is 7.05 Å². The van der Waals surface area contributed by atoms with Crippen LogP contribution in [-0.4, -0.2) is 32.5 Å². The summed E-state index contributed by atoms with van der Waals surface area (Å²) >= 11 is 7.29. The minimum Gasteiger partial charge on any atom is -0.494 e. The number of hydrogen-bond donors (Lipinski definition) is 1. The van der Waals surface area contributed by atoms with E-state index in [1.807, 2.05) is 74.0 Å². The molecule has 1 aromatic heterocycles. The first kappa shape index (κ1) is 20.2. The maximum absolute atomic E-state index is 12.5. The molecule has 0 aliphatic carbocycles. The number of thioether (sulfide) groups is 1. The third kappa shape index (κ3) is 4.85. The summed E-state index contributed by atoms with van der Waals surface area (Å²) in [4.78, 5) is 12.5. The van der Waals surface area contributed by atoms with Crippen molar-refractivity contribution in [2.45, 2.75) is 24.3 Å². The van der Waals surface area contributed by atoms with Crippen LogP contribution in [0.15, 0.2) is 53.7 Å². The molecular formula is C20H21ClN4O2S. The number of anilines is 1. The highest BCUT2D eigenvalue weighted by atomic mass is 35.5. The van der Waals surface area contributed by atoms with E-state index in [0.717, 1.165) is 22.8 Å². The second-order valence-electron chi connectivity index (χ2n) is 6.08. The van der Waals surface area contributed by atoms with Crippen LogP contribution in [0.2, 0.25) is 5.02 Å². The van der Waals surface area contributed by atoms with Crippen LogP contribution in [0.3, 0.4) is 0 Å². The van der Waals surface area contributed by atoms with E-state index in [9.17, 15) is 4.79 Å². The van der Waals surface area contributed by atoms with E-state index < -0.39 is 0 Å². The molecule has 0 spiro atoms. The number of benzene rings is 2. The summed E-state index contributed by atoms with van der Waals surface area (Å²) in [6, 6.07) is 14.7. The number of nitrogens with zero attached hydrogens (tertiary/aromatic N) is 3. The number of ether oxygens (including phenoxy) is 1. The molecule has 0 aliphatic heterocycles. The van der Waals surface area contributed by atoms with Crippen molar-refractivity contribution in [3.05, 3.63) is 53.6 Å². The van der Waals surface area contributed by atoms with Crippen LogP contribution in [0.5, 0.6) is 5.75 Å². The molecule has 3 aromatic rings. The number of halogens is 1. The van der Waals surface area contributed by atoms with E-state index >= 15 is 0 Å². The summed E-state index contributed by atoms with van der Waals surface area (Å²) in [7, 11) is 1.88. The topological polar surface area (TPSA) is 69.0 Å². The van der Waals surface area contributed by atoms with Crippen molar-refractivity contribution >= 4 is 35.0 Å². The normalized spacial score (nSPS) is 11.9. The second-order valence-corrected chi connectivity index (χ2v) is 7.82. The number of amides is 1. The van der Waals surface area contributed by atoms with Crippen molar-refractivity contribution in [2.75, 3.05) is 11.9 Å². The lowest BCUT2D eigenvalue weighted by Gasteiger charge is -2.12. The van der Waals surface area contributed by atoms with E-state index in [1.54, 1.807) is 0 Å². The summed E-state index contributed by atoms with van der Waals surface area (Å²) in [5, 5.41) is 12.4. The van der Waals surface area contributed by atoms with Gasteiger partial charge in [-0.15, -0.1) is 10.2 Å². The van der Waals surface area contributed by atoms with Gasteiger partial charge in [0.05, 0.1) is 11.9 Å². The highest BCUT2D eigenvalue weighted by Crippen LogP contribution is 2.27. The predicted octanol–water partition coefficient (Wildman–Crippen LogP) is 4.65. The molecule has 8 heteroatoms. The van der Waals surface area contributed by atoms with E-state index in [-0.39, 0.29) is 11.2 Å². The van der Waals surface area contributed by atoms with Gasteiger partial charge >= 0.3 is 0 Å². The number of carbonyl (C=O) groups excluding carboxylic acids is 1. The van der Waals surface area contributed by atoms with Crippen molar-refractivity contribution < 1.29 is 9.53 Å². The first-order chi connectivity index (χ1) is 13.5. The molecule has 1 heterocycles. The molecule has 1 N–H and O–H groups in total.